The molecule has 3 rings (SSSR count). The standard InChI is InChI=1S/C16H23BrN2O2/c1-11-14(17)12(2)19(15(20)18-11)10-13-6-9-16(21-13)7-4-3-5-8-16/h13H,3-10H2,1-2H3. The van der Waals surface area contributed by atoms with Gasteiger partial charge in [-0.15, -0.1) is 0 Å². The van der Waals surface area contributed by atoms with Gasteiger partial charge in [0.05, 0.1) is 28.4 Å². The second-order valence-corrected chi connectivity index (χ2v) is 7.30. The molecule has 0 N–H and O–H groups in total. The molecule has 4 nitrogen and oxygen atoms in total. The molecule has 0 radical (unpaired) electrons. The minimum atomic E-state index is -0.165. The number of hydrogen-bond acceptors (Lipinski definition) is 3. The minimum absolute atomic E-state index is 0.107. The quantitative estimate of drug-likeness (QED) is 0.816. The van der Waals surface area contributed by atoms with Gasteiger partial charge in [0.2, 0.25) is 0 Å². The summed E-state index contributed by atoms with van der Waals surface area (Å²) in [4.78, 5) is 16.2. The number of rotatable bonds is 2. The van der Waals surface area contributed by atoms with Crippen molar-refractivity contribution in [2.75, 3.05) is 0 Å². The lowest BCUT2D eigenvalue weighted by Gasteiger charge is -2.33. The summed E-state index contributed by atoms with van der Waals surface area (Å²) in [6, 6.07) is 0. The van der Waals surface area contributed by atoms with Crippen molar-refractivity contribution in [2.45, 2.75) is 77.0 Å². The molecule has 1 atom stereocenters. The Labute approximate surface area is 134 Å². The number of halogens is 1. The maximum Gasteiger partial charge on any atom is 0.348 e. The van der Waals surface area contributed by atoms with Crippen LogP contribution in [0.5, 0.6) is 0 Å². The van der Waals surface area contributed by atoms with E-state index in [0.29, 0.717) is 6.54 Å². The highest BCUT2D eigenvalue weighted by Gasteiger charge is 2.40. The molecular formula is C16H23BrN2O2. The van der Waals surface area contributed by atoms with Crippen molar-refractivity contribution in [3.63, 3.8) is 0 Å². The van der Waals surface area contributed by atoms with Crippen LogP contribution in [0.3, 0.4) is 0 Å². The van der Waals surface area contributed by atoms with E-state index in [1.54, 1.807) is 4.57 Å². The second-order valence-electron chi connectivity index (χ2n) is 6.51. The topological polar surface area (TPSA) is 44.1 Å². The Morgan fingerprint density at radius 2 is 2.00 bits per heavy atom. The molecule has 1 saturated heterocycles. The second kappa shape index (κ2) is 5.84. The molecule has 1 spiro atoms. The molecule has 1 aliphatic heterocycles. The largest absolute Gasteiger partial charge is 0.370 e. The summed E-state index contributed by atoms with van der Waals surface area (Å²) in [5.74, 6) is 0. The van der Waals surface area contributed by atoms with Crippen LogP contribution in [-0.4, -0.2) is 21.3 Å². The molecule has 1 aliphatic carbocycles. The van der Waals surface area contributed by atoms with E-state index in [1.807, 2.05) is 13.8 Å². The number of hydrogen-bond donors (Lipinski definition) is 0. The first-order valence-corrected chi connectivity index (χ1v) is 8.71. The van der Waals surface area contributed by atoms with Gasteiger partial charge < -0.3 is 4.74 Å². The van der Waals surface area contributed by atoms with Gasteiger partial charge in [0.1, 0.15) is 0 Å². The van der Waals surface area contributed by atoms with Crippen LogP contribution < -0.4 is 5.69 Å². The maximum atomic E-state index is 12.1. The van der Waals surface area contributed by atoms with Gasteiger partial charge in [-0.2, -0.15) is 4.98 Å². The molecule has 0 bridgehead atoms. The Hall–Kier alpha value is -0.680. The highest BCUT2D eigenvalue weighted by Crippen LogP contribution is 2.42. The summed E-state index contributed by atoms with van der Waals surface area (Å²) in [6.45, 7) is 4.44. The van der Waals surface area contributed by atoms with Gasteiger partial charge in [-0.1, -0.05) is 19.3 Å². The van der Waals surface area contributed by atoms with Crippen molar-refractivity contribution in [3.05, 3.63) is 26.3 Å². The van der Waals surface area contributed by atoms with Crippen LogP contribution in [0.1, 0.15) is 56.3 Å². The Bertz CT molecular complexity index is 591. The van der Waals surface area contributed by atoms with Crippen molar-refractivity contribution in [1.82, 2.24) is 9.55 Å². The van der Waals surface area contributed by atoms with Crippen molar-refractivity contribution in [3.8, 4) is 0 Å². The Balaban J connectivity index is 1.76. The molecule has 1 unspecified atom stereocenters. The zero-order valence-corrected chi connectivity index (χ0v) is 14.4. The first-order chi connectivity index (χ1) is 10.0. The Kier molecular flexibility index (Phi) is 4.23. The van der Waals surface area contributed by atoms with Gasteiger partial charge in [-0.05, 0) is 55.5 Å². The van der Waals surface area contributed by atoms with E-state index in [9.17, 15) is 4.79 Å². The highest BCUT2D eigenvalue weighted by atomic mass is 79.9. The third kappa shape index (κ3) is 2.95. The molecule has 21 heavy (non-hydrogen) atoms. The third-order valence-corrected chi connectivity index (χ3v) is 6.17. The van der Waals surface area contributed by atoms with Gasteiger partial charge in [-0.25, -0.2) is 4.79 Å². The van der Waals surface area contributed by atoms with E-state index < -0.39 is 0 Å². The van der Waals surface area contributed by atoms with Crippen LogP contribution in [0.2, 0.25) is 0 Å². The van der Waals surface area contributed by atoms with Crippen molar-refractivity contribution in [1.29, 1.82) is 0 Å². The van der Waals surface area contributed by atoms with Gasteiger partial charge in [0, 0.05) is 5.69 Å². The SMILES string of the molecule is Cc1nc(=O)n(CC2CCC3(CCCCC3)O2)c(C)c1Br. The minimum Gasteiger partial charge on any atom is -0.370 e. The van der Waals surface area contributed by atoms with E-state index in [-0.39, 0.29) is 17.4 Å². The predicted octanol–water partition coefficient (Wildman–Crippen LogP) is 3.50. The van der Waals surface area contributed by atoms with E-state index in [4.69, 9.17) is 4.74 Å². The normalized spacial score (nSPS) is 24.6. The Morgan fingerprint density at radius 1 is 1.29 bits per heavy atom. The molecule has 1 aromatic rings. The fraction of sp³-hybridized carbons (Fsp3) is 0.750. The summed E-state index contributed by atoms with van der Waals surface area (Å²) in [7, 11) is 0. The van der Waals surface area contributed by atoms with E-state index in [1.165, 1.54) is 32.1 Å². The number of aromatic nitrogens is 2. The smallest absolute Gasteiger partial charge is 0.348 e. The average molecular weight is 355 g/mol. The average Bonchev–Trinajstić information content (AvgIpc) is 2.85. The summed E-state index contributed by atoms with van der Waals surface area (Å²) >= 11 is 3.52. The summed E-state index contributed by atoms with van der Waals surface area (Å²) in [6.07, 6.45) is 8.62. The van der Waals surface area contributed by atoms with Crippen LogP contribution in [0.15, 0.2) is 9.27 Å². The molecule has 2 aliphatic rings. The van der Waals surface area contributed by atoms with Crippen LogP contribution >= 0.6 is 15.9 Å². The van der Waals surface area contributed by atoms with Crippen LogP contribution in [0, 0.1) is 13.8 Å². The summed E-state index contributed by atoms with van der Waals surface area (Å²) in [5.41, 5.74) is 1.64. The Morgan fingerprint density at radius 3 is 2.71 bits per heavy atom. The molecule has 116 valence electrons. The van der Waals surface area contributed by atoms with E-state index in [0.717, 1.165) is 28.7 Å². The van der Waals surface area contributed by atoms with Gasteiger partial charge >= 0.3 is 5.69 Å². The number of aryl methyl sites for hydroxylation is 1. The highest BCUT2D eigenvalue weighted by molar-refractivity contribution is 9.10. The maximum absolute atomic E-state index is 12.1. The molecule has 0 aromatic carbocycles. The summed E-state index contributed by atoms with van der Waals surface area (Å²) in [5, 5.41) is 0. The number of ether oxygens (including phenoxy) is 1. The van der Waals surface area contributed by atoms with Crippen LogP contribution in [-0.2, 0) is 11.3 Å². The van der Waals surface area contributed by atoms with Crippen molar-refractivity contribution in [2.24, 2.45) is 0 Å². The fourth-order valence-corrected chi connectivity index (χ4v) is 4.09. The zero-order chi connectivity index (χ0) is 15.0. The molecule has 5 heteroatoms. The predicted molar refractivity (Wildman–Crippen MR) is 85.6 cm³/mol. The fourth-order valence-electron chi connectivity index (χ4n) is 3.78. The lowest BCUT2D eigenvalue weighted by atomic mass is 9.83. The molecule has 1 saturated carbocycles. The third-order valence-electron chi connectivity index (χ3n) is 5.02. The molecular weight excluding hydrogens is 332 g/mol. The monoisotopic (exact) mass is 354 g/mol. The lowest BCUT2D eigenvalue weighted by molar-refractivity contribution is -0.0684. The first kappa shape index (κ1) is 15.2. The molecule has 2 fully saturated rings. The summed E-state index contributed by atoms with van der Waals surface area (Å²) < 4.78 is 9.05. The van der Waals surface area contributed by atoms with E-state index in [2.05, 4.69) is 20.9 Å². The van der Waals surface area contributed by atoms with E-state index >= 15 is 0 Å². The molecule has 2 heterocycles. The number of nitrogens with zero attached hydrogens (tertiary/aromatic N) is 2. The van der Waals surface area contributed by atoms with Gasteiger partial charge in [0.25, 0.3) is 0 Å². The zero-order valence-electron chi connectivity index (χ0n) is 12.8. The van der Waals surface area contributed by atoms with Crippen LogP contribution in [0.25, 0.3) is 0 Å². The van der Waals surface area contributed by atoms with Crippen molar-refractivity contribution < 1.29 is 4.74 Å². The lowest BCUT2D eigenvalue weighted by Crippen LogP contribution is -2.35. The molecule has 0 amide bonds. The van der Waals surface area contributed by atoms with Crippen molar-refractivity contribution >= 4 is 15.9 Å². The molecule has 1 aromatic heterocycles. The van der Waals surface area contributed by atoms with Gasteiger partial charge in [-0.3, -0.25) is 4.57 Å². The first-order valence-electron chi connectivity index (χ1n) is 7.92. The van der Waals surface area contributed by atoms with Gasteiger partial charge in [0.15, 0.2) is 0 Å². The van der Waals surface area contributed by atoms with Crippen LogP contribution in [0.4, 0.5) is 0 Å².